The van der Waals surface area contributed by atoms with Crippen LogP contribution < -0.4 is 10.9 Å². The van der Waals surface area contributed by atoms with Gasteiger partial charge in [-0.15, -0.1) is 0 Å². The normalized spacial score (nSPS) is 18.8. The van der Waals surface area contributed by atoms with Crippen LogP contribution in [0.1, 0.15) is 23.5 Å². The van der Waals surface area contributed by atoms with Crippen molar-refractivity contribution in [3.05, 3.63) is 70.5 Å². The molecule has 1 aliphatic rings. The van der Waals surface area contributed by atoms with Gasteiger partial charge in [0, 0.05) is 10.9 Å². The highest BCUT2D eigenvalue weighted by Gasteiger charge is 2.45. The van der Waals surface area contributed by atoms with Gasteiger partial charge < -0.3 is 0 Å². The van der Waals surface area contributed by atoms with Gasteiger partial charge in [-0.25, -0.2) is 4.39 Å². The van der Waals surface area contributed by atoms with E-state index in [9.17, 15) is 14.0 Å². The van der Waals surface area contributed by atoms with E-state index in [4.69, 9.17) is 11.6 Å². The first-order valence-corrected chi connectivity index (χ1v) is 8.00. The highest BCUT2D eigenvalue weighted by atomic mass is 35.5. The Bertz CT molecular complexity index is 764. The molecule has 0 aliphatic heterocycles. The van der Waals surface area contributed by atoms with E-state index >= 15 is 0 Å². The lowest BCUT2D eigenvalue weighted by Crippen LogP contribution is -2.43. The number of hydrazine groups is 1. The zero-order chi connectivity index (χ0) is 17.1. The van der Waals surface area contributed by atoms with Crippen molar-refractivity contribution in [2.24, 2.45) is 5.92 Å². The maximum atomic E-state index is 13.7. The van der Waals surface area contributed by atoms with E-state index in [1.165, 1.54) is 6.07 Å². The minimum atomic E-state index is -0.325. The molecule has 0 bridgehead atoms. The van der Waals surface area contributed by atoms with Gasteiger partial charge in [0.15, 0.2) is 0 Å². The maximum absolute atomic E-state index is 13.7. The summed E-state index contributed by atoms with van der Waals surface area (Å²) in [7, 11) is 0. The van der Waals surface area contributed by atoms with Gasteiger partial charge in [-0.2, -0.15) is 0 Å². The number of hydrogen-bond acceptors (Lipinski definition) is 2. The summed E-state index contributed by atoms with van der Waals surface area (Å²) in [6.45, 7) is 0. The summed E-state index contributed by atoms with van der Waals surface area (Å²) in [6, 6.07) is 13.3. The second-order valence-electron chi connectivity index (χ2n) is 5.81. The van der Waals surface area contributed by atoms with E-state index in [2.05, 4.69) is 10.9 Å². The smallest absolute Gasteiger partial charge is 0.242 e. The highest BCUT2D eigenvalue weighted by Crippen LogP contribution is 2.48. The lowest BCUT2D eigenvalue weighted by atomic mass is 10.1. The average molecular weight is 347 g/mol. The standard InChI is InChI=1S/C18H16ClFN2O2/c19-12-7-5-11(6-8-12)9-17(23)21-22-18(24)15-10-14(15)13-3-1-2-4-16(13)20/h1-8,14-15H,9-10H2,(H,21,23)(H,22,24). The Morgan fingerprint density at radius 3 is 2.50 bits per heavy atom. The van der Waals surface area contributed by atoms with Crippen LogP contribution in [0.2, 0.25) is 5.02 Å². The van der Waals surface area contributed by atoms with E-state index < -0.39 is 0 Å². The molecule has 124 valence electrons. The molecule has 2 unspecified atom stereocenters. The minimum Gasteiger partial charge on any atom is -0.273 e. The minimum absolute atomic E-state index is 0.126. The maximum Gasteiger partial charge on any atom is 0.242 e. The first kappa shape index (κ1) is 16.5. The Morgan fingerprint density at radius 1 is 1.08 bits per heavy atom. The summed E-state index contributed by atoms with van der Waals surface area (Å²) in [5.41, 5.74) is 6.14. The first-order valence-electron chi connectivity index (χ1n) is 7.62. The van der Waals surface area contributed by atoms with Crippen LogP contribution in [0.3, 0.4) is 0 Å². The third-order valence-corrected chi connectivity index (χ3v) is 4.29. The number of benzene rings is 2. The molecule has 0 saturated heterocycles. The number of carbonyl (C=O) groups excluding carboxylic acids is 2. The van der Waals surface area contributed by atoms with E-state index in [0.29, 0.717) is 17.0 Å². The lowest BCUT2D eigenvalue weighted by molar-refractivity contribution is -0.129. The summed E-state index contributed by atoms with van der Waals surface area (Å²) >= 11 is 5.78. The SMILES string of the molecule is O=C(Cc1ccc(Cl)cc1)NNC(=O)C1CC1c1ccccc1F. The number of rotatable bonds is 4. The predicted octanol–water partition coefficient (Wildman–Crippen LogP) is 2.97. The van der Waals surface area contributed by atoms with Crippen molar-refractivity contribution < 1.29 is 14.0 Å². The molecule has 1 saturated carbocycles. The van der Waals surface area contributed by atoms with Gasteiger partial charge in [-0.1, -0.05) is 41.9 Å². The number of carbonyl (C=O) groups is 2. The molecule has 0 aromatic heterocycles. The second kappa shape index (κ2) is 7.01. The summed E-state index contributed by atoms with van der Waals surface area (Å²) in [5.74, 6) is -1.36. The first-order chi connectivity index (χ1) is 11.5. The molecule has 0 radical (unpaired) electrons. The zero-order valence-electron chi connectivity index (χ0n) is 12.8. The van der Waals surface area contributed by atoms with Crippen LogP contribution >= 0.6 is 11.6 Å². The van der Waals surface area contributed by atoms with E-state index in [1.807, 2.05) is 0 Å². The van der Waals surface area contributed by atoms with Crippen LogP contribution in [0.15, 0.2) is 48.5 Å². The van der Waals surface area contributed by atoms with Crippen molar-refractivity contribution in [1.82, 2.24) is 10.9 Å². The van der Waals surface area contributed by atoms with E-state index in [0.717, 1.165) is 5.56 Å². The van der Waals surface area contributed by atoms with Crippen LogP contribution in [-0.4, -0.2) is 11.8 Å². The molecule has 0 spiro atoms. The molecule has 24 heavy (non-hydrogen) atoms. The van der Waals surface area contributed by atoms with Crippen LogP contribution in [0.4, 0.5) is 4.39 Å². The third kappa shape index (κ3) is 3.92. The zero-order valence-corrected chi connectivity index (χ0v) is 13.5. The monoisotopic (exact) mass is 346 g/mol. The van der Waals surface area contributed by atoms with E-state index in [-0.39, 0.29) is 35.9 Å². The average Bonchev–Trinajstić information content (AvgIpc) is 3.36. The fourth-order valence-corrected chi connectivity index (χ4v) is 2.79. The van der Waals surface area contributed by atoms with Crippen LogP contribution in [0.25, 0.3) is 0 Å². The molecule has 1 aliphatic carbocycles. The van der Waals surface area contributed by atoms with Gasteiger partial charge in [0.1, 0.15) is 5.82 Å². The third-order valence-electron chi connectivity index (χ3n) is 4.03. The van der Waals surface area contributed by atoms with Crippen LogP contribution in [0.5, 0.6) is 0 Å². The molecular formula is C18H16ClFN2O2. The molecule has 2 atom stereocenters. The van der Waals surface area contributed by atoms with Gasteiger partial charge in [0.05, 0.1) is 6.42 Å². The van der Waals surface area contributed by atoms with Crippen LogP contribution in [0, 0.1) is 11.7 Å². The van der Waals surface area contributed by atoms with Crippen molar-refractivity contribution in [3.8, 4) is 0 Å². The van der Waals surface area contributed by atoms with Crippen molar-refractivity contribution in [1.29, 1.82) is 0 Å². The van der Waals surface area contributed by atoms with Gasteiger partial charge in [-0.05, 0) is 41.7 Å². The molecule has 3 rings (SSSR count). The molecule has 1 fully saturated rings. The summed E-state index contributed by atoms with van der Waals surface area (Å²) in [5, 5.41) is 0.598. The largest absolute Gasteiger partial charge is 0.273 e. The van der Waals surface area contributed by atoms with E-state index in [1.54, 1.807) is 42.5 Å². The fourth-order valence-electron chi connectivity index (χ4n) is 2.66. The number of nitrogens with one attached hydrogen (secondary N) is 2. The Hall–Kier alpha value is -2.40. The molecule has 2 amide bonds. The lowest BCUT2D eigenvalue weighted by Gasteiger charge is -2.08. The van der Waals surface area contributed by atoms with Gasteiger partial charge >= 0.3 is 0 Å². The fraction of sp³-hybridized carbons (Fsp3) is 0.222. The topological polar surface area (TPSA) is 58.2 Å². The molecular weight excluding hydrogens is 331 g/mol. The van der Waals surface area contributed by atoms with Crippen LogP contribution in [-0.2, 0) is 16.0 Å². The molecule has 2 aromatic carbocycles. The molecule has 2 aromatic rings. The molecule has 2 N–H and O–H groups in total. The highest BCUT2D eigenvalue weighted by molar-refractivity contribution is 6.30. The molecule has 0 heterocycles. The number of hydrogen-bond donors (Lipinski definition) is 2. The summed E-state index contributed by atoms with van der Waals surface area (Å²) in [6.07, 6.45) is 0.721. The van der Waals surface area contributed by atoms with Crippen molar-refractivity contribution in [3.63, 3.8) is 0 Å². The summed E-state index contributed by atoms with van der Waals surface area (Å²) < 4.78 is 13.7. The molecule has 6 heteroatoms. The predicted molar refractivity (Wildman–Crippen MR) is 88.7 cm³/mol. The quantitative estimate of drug-likeness (QED) is 0.836. The van der Waals surface area contributed by atoms with Gasteiger partial charge in [0.25, 0.3) is 0 Å². The van der Waals surface area contributed by atoms with Gasteiger partial charge in [0.2, 0.25) is 11.8 Å². The number of halogens is 2. The second-order valence-corrected chi connectivity index (χ2v) is 6.25. The Labute approximate surface area is 144 Å². The van der Waals surface area contributed by atoms with Crippen molar-refractivity contribution in [2.45, 2.75) is 18.8 Å². The Morgan fingerprint density at radius 2 is 1.79 bits per heavy atom. The van der Waals surface area contributed by atoms with Crippen molar-refractivity contribution in [2.75, 3.05) is 0 Å². The Balaban J connectivity index is 1.47. The Kier molecular flexibility index (Phi) is 4.81. The van der Waals surface area contributed by atoms with Gasteiger partial charge in [-0.3, -0.25) is 20.4 Å². The van der Waals surface area contributed by atoms with Crippen molar-refractivity contribution >= 4 is 23.4 Å². The summed E-state index contributed by atoms with van der Waals surface area (Å²) in [4.78, 5) is 23.9. The number of amides is 2. The molecule has 4 nitrogen and oxygen atoms in total.